The van der Waals surface area contributed by atoms with Gasteiger partial charge in [0.2, 0.25) is 11.8 Å². The highest BCUT2D eigenvalue weighted by molar-refractivity contribution is 5.79. The van der Waals surface area contributed by atoms with Crippen LogP contribution in [0.4, 0.5) is 0 Å². The smallest absolute Gasteiger partial charge is 0.329 e. The second-order valence-electron chi connectivity index (χ2n) is 8.10. The Morgan fingerprint density at radius 2 is 1.29 bits per heavy atom. The van der Waals surface area contributed by atoms with E-state index in [0.29, 0.717) is 13.1 Å². The van der Waals surface area contributed by atoms with Crippen molar-refractivity contribution in [2.45, 2.75) is 45.3 Å². The Morgan fingerprint density at radius 3 is 1.82 bits per heavy atom. The zero-order valence-electron chi connectivity index (χ0n) is 20.3. The molecule has 1 atom stereocenters. The number of carboxylic acid groups (broad SMARTS) is 1. The molecular formula is C21H39N3O10. The quantitative estimate of drug-likeness (QED) is 0.118. The molecule has 0 aromatic heterocycles. The van der Waals surface area contributed by atoms with E-state index in [9.17, 15) is 19.2 Å². The molecule has 0 radical (unpaired) electrons. The van der Waals surface area contributed by atoms with Gasteiger partial charge in [0.25, 0.3) is 0 Å². The first-order valence-electron chi connectivity index (χ1n) is 11.1. The molecule has 13 nitrogen and oxygen atoms in total. The van der Waals surface area contributed by atoms with Crippen LogP contribution in [0.2, 0.25) is 0 Å². The monoisotopic (exact) mass is 493 g/mol. The van der Waals surface area contributed by atoms with E-state index in [1.54, 1.807) is 20.8 Å². The maximum Gasteiger partial charge on any atom is 0.329 e. The average Bonchev–Trinajstić information content (AvgIpc) is 2.74. The maximum absolute atomic E-state index is 11.8. The molecule has 0 rings (SSSR count). The van der Waals surface area contributed by atoms with Crippen molar-refractivity contribution in [3.05, 3.63) is 0 Å². The normalized spacial score (nSPS) is 12.1. The highest BCUT2D eigenvalue weighted by atomic mass is 16.6. The molecule has 0 bridgehead atoms. The van der Waals surface area contributed by atoms with Crippen molar-refractivity contribution in [3.8, 4) is 0 Å². The Hall–Kier alpha value is -2.32. The molecule has 13 heteroatoms. The first kappa shape index (κ1) is 31.7. The summed E-state index contributed by atoms with van der Waals surface area (Å²) in [6.07, 6.45) is 0.285. The van der Waals surface area contributed by atoms with Crippen LogP contribution in [0.5, 0.6) is 0 Å². The molecule has 0 spiro atoms. The van der Waals surface area contributed by atoms with Crippen LogP contribution in [-0.2, 0) is 42.9 Å². The summed E-state index contributed by atoms with van der Waals surface area (Å²) in [6.45, 7) is 6.73. The number of amides is 2. The van der Waals surface area contributed by atoms with E-state index >= 15 is 0 Å². The van der Waals surface area contributed by atoms with Gasteiger partial charge in [0.15, 0.2) is 0 Å². The number of carbonyl (C=O) groups excluding carboxylic acids is 3. The molecule has 0 aromatic carbocycles. The summed E-state index contributed by atoms with van der Waals surface area (Å²) in [5.74, 6) is -2.13. The van der Waals surface area contributed by atoms with Gasteiger partial charge in [0.05, 0.1) is 39.6 Å². The minimum Gasteiger partial charge on any atom is -0.480 e. The predicted octanol–water partition coefficient (Wildman–Crippen LogP) is -1.18. The molecule has 0 saturated carbocycles. The van der Waals surface area contributed by atoms with Crippen molar-refractivity contribution >= 4 is 23.8 Å². The van der Waals surface area contributed by atoms with Gasteiger partial charge in [-0.2, -0.15) is 0 Å². The lowest BCUT2D eigenvalue weighted by molar-refractivity contribution is -0.156. The lowest BCUT2D eigenvalue weighted by Crippen LogP contribution is -2.38. The van der Waals surface area contributed by atoms with Gasteiger partial charge in [-0.05, 0) is 27.2 Å². The van der Waals surface area contributed by atoms with E-state index < -0.39 is 23.6 Å². The van der Waals surface area contributed by atoms with Crippen LogP contribution in [0.1, 0.15) is 33.6 Å². The second kappa shape index (κ2) is 19.0. The Morgan fingerprint density at radius 1 is 0.794 bits per heavy atom. The summed E-state index contributed by atoms with van der Waals surface area (Å²) in [7, 11) is 0. The fourth-order valence-electron chi connectivity index (χ4n) is 2.21. The molecule has 0 heterocycles. The highest BCUT2D eigenvalue weighted by Gasteiger charge is 2.22. The van der Waals surface area contributed by atoms with Crippen LogP contribution in [0.15, 0.2) is 0 Å². The number of nitrogens with one attached hydrogen (secondary N) is 2. The third-order valence-electron chi connectivity index (χ3n) is 3.73. The fraction of sp³-hybridized carbons (Fsp3) is 0.810. The predicted molar refractivity (Wildman–Crippen MR) is 120 cm³/mol. The first-order valence-corrected chi connectivity index (χ1v) is 11.1. The standard InChI is InChI=1S/C21H39N3O10/c1-21(2,3)34-20(29)16(22)4-5-17(25)23-6-8-30-10-12-32-14-18(26)24-7-9-31-11-13-33-15-19(27)28/h16H,4-15,22H2,1-3H3,(H,23,25)(H,24,26)(H,27,28)/t16-/m0/s1. The van der Waals surface area contributed by atoms with Crippen LogP contribution in [0, 0.1) is 0 Å². The Bertz CT molecular complexity index is 610. The summed E-state index contributed by atoms with van der Waals surface area (Å²) < 4.78 is 25.6. The van der Waals surface area contributed by atoms with Gasteiger partial charge in [0, 0.05) is 19.5 Å². The SMILES string of the molecule is CC(C)(C)OC(=O)[C@@H](N)CCC(=O)NCCOCCOCC(=O)NCCOCCOCC(=O)O. The molecule has 0 unspecified atom stereocenters. The number of hydrogen-bond donors (Lipinski definition) is 4. The molecular weight excluding hydrogens is 454 g/mol. The number of rotatable bonds is 20. The number of ether oxygens (including phenoxy) is 5. The van der Waals surface area contributed by atoms with Crippen molar-refractivity contribution in [2.24, 2.45) is 5.73 Å². The van der Waals surface area contributed by atoms with Crippen molar-refractivity contribution < 1.29 is 48.0 Å². The van der Waals surface area contributed by atoms with Crippen LogP contribution >= 0.6 is 0 Å². The molecule has 0 aromatic rings. The van der Waals surface area contributed by atoms with Gasteiger partial charge in [-0.25, -0.2) is 4.79 Å². The van der Waals surface area contributed by atoms with E-state index in [1.807, 2.05) is 0 Å². The Balaban J connectivity index is 3.50. The summed E-state index contributed by atoms with van der Waals surface area (Å²) in [6, 6.07) is -0.854. The zero-order chi connectivity index (χ0) is 25.8. The lowest BCUT2D eigenvalue weighted by atomic mass is 10.1. The molecule has 0 aliphatic heterocycles. The molecule has 198 valence electrons. The second-order valence-corrected chi connectivity index (χ2v) is 8.10. The van der Waals surface area contributed by atoms with Crippen molar-refractivity contribution in [1.29, 1.82) is 0 Å². The Kier molecular flexibility index (Phi) is 17.7. The minimum atomic E-state index is -1.04. The first-order chi connectivity index (χ1) is 16.0. The molecule has 0 aliphatic carbocycles. The van der Waals surface area contributed by atoms with Crippen LogP contribution in [0.3, 0.4) is 0 Å². The van der Waals surface area contributed by atoms with E-state index in [0.717, 1.165) is 0 Å². The molecule has 0 saturated heterocycles. The van der Waals surface area contributed by atoms with Crippen LogP contribution < -0.4 is 16.4 Å². The van der Waals surface area contributed by atoms with Gasteiger partial charge in [-0.15, -0.1) is 0 Å². The number of hydrogen-bond acceptors (Lipinski definition) is 10. The number of carbonyl (C=O) groups is 4. The fourth-order valence-corrected chi connectivity index (χ4v) is 2.21. The molecule has 0 fully saturated rings. The van der Waals surface area contributed by atoms with Gasteiger partial charge in [0.1, 0.15) is 24.9 Å². The van der Waals surface area contributed by atoms with E-state index in [2.05, 4.69) is 10.6 Å². The van der Waals surface area contributed by atoms with Crippen molar-refractivity contribution in [2.75, 3.05) is 65.9 Å². The van der Waals surface area contributed by atoms with Gasteiger partial charge < -0.3 is 45.2 Å². The zero-order valence-corrected chi connectivity index (χ0v) is 20.3. The molecule has 2 amide bonds. The summed E-state index contributed by atoms with van der Waals surface area (Å²) >= 11 is 0. The average molecular weight is 494 g/mol. The van der Waals surface area contributed by atoms with Crippen LogP contribution in [0.25, 0.3) is 0 Å². The maximum atomic E-state index is 11.8. The summed E-state index contributed by atoms with van der Waals surface area (Å²) in [5.41, 5.74) is 5.11. The highest BCUT2D eigenvalue weighted by Crippen LogP contribution is 2.09. The van der Waals surface area contributed by atoms with Crippen molar-refractivity contribution in [1.82, 2.24) is 10.6 Å². The van der Waals surface area contributed by atoms with Gasteiger partial charge in [-0.1, -0.05) is 0 Å². The van der Waals surface area contributed by atoms with E-state index in [1.165, 1.54) is 0 Å². The summed E-state index contributed by atoms with van der Waals surface area (Å²) in [4.78, 5) is 45.4. The number of nitrogens with two attached hydrogens (primary N) is 1. The van der Waals surface area contributed by atoms with Crippen LogP contribution in [-0.4, -0.2) is 106 Å². The summed E-state index contributed by atoms with van der Waals surface area (Å²) in [5, 5.41) is 13.7. The van der Waals surface area contributed by atoms with E-state index in [4.69, 9.17) is 34.5 Å². The molecule has 5 N–H and O–H groups in total. The van der Waals surface area contributed by atoms with Crippen molar-refractivity contribution in [3.63, 3.8) is 0 Å². The Labute approximate surface area is 199 Å². The molecule has 34 heavy (non-hydrogen) atoms. The minimum absolute atomic E-state index is 0.0994. The lowest BCUT2D eigenvalue weighted by Gasteiger charge is -2.22. The third kappa shape index (κ3) is 21.5. The van der Waals surface area contributed by atoms with Gasteiger partial charge in [-0.3, -0.25) is 14.4 Å². The van der Waals surface area contributed by atoms with E-state index in [-0.39, 0.29) is 77.5 Å². The third-order valence-corrected chi connectivity index (χ3v) is 3.73. The molecule has 0 aliphatic rings. The van der Waals surface area contributed by atoms with Gasteiger partial charge >= 0.3 is 11.9 Å². The number of aliphatic carboxylic acids is 1. The largest absolute Gasteiger partial charge is 0.480 e. The topological polar surface area (TPSA) is 185 Å². The number of carboxylic acids is 1. The number of esters is 1.